The quantitative estimate of drug-likeness (QED) is 0.563. The molecule has 0 amide bonds. The van der Waals surface area contributed by atoms with Crippen molar-refractivity contribution in [2.24, 2.45) is 0 Å². The van der Waals surface area contributed by atoms with E-state index in [4.69, 9.17) is 4.74 Å². The molecular weight excluding hydrogens is 336 g/mol. The molecule has 0 aliphatic rings. The van der Waals surface area contributed by atoms with Crippen molar-refractivity contribution in [1.82, 2.24) is 0 Å². The monoisotopic (exact) mass is 350 g/mol. The largest absolute Gasteiger partial charge is 0.496 e. The number of ketones is 1. The summed E-state index contributed by atoms with van der Waals surface area (Å²) < 4.78 is 6.17. The van der Waals surface area contributed by atoms with Crippen LogP contribution in [0.3, 0.4) is 0 Å². The first kappa shape index (κ1) is 15.1. The normalized spacial score (nSPS) is 10.3. The molecule has 0 aliphatic heterocycles. The van der Waals surface area contributed by atoms with Crippen LogP contribution >= 0.6 is 27.7 Å². The lowest BCUT2D eigenvalue weighted by molar-refractivity contribution is 0.101. The summed E-state index contributed by atoms with van der Waals surface area (Å²) in [6, 6.07) is 13.8. The van der Waals surface area contributed by atoms with Crippen LogP contribution in [-0.4, -0.2) is 12.9 Å². The van der Waals surface area contributed by atoms with Crippen molar-refractivity contribution in [3.63, 3.8) is 0 Å². The topological polar surface area (TPSA) is 26.3 Å². The fraction of sp³-hybridized carbons (Fsp3) is 0.188. The van der Waals surface area contributed by atoms with Crippen molar-refractivity contribution in [2.45, 2.75) is 17.6 Å². The highest BCUT2D eigenvalue weighted by Gasteiger charge is 2.04. The van der Waals surface area contributed by atoms with Gasteiger partial charge in [-0.1, -0.05) is 18.2 Å². The highest BCUT2D eigenvalue weighted by molar-refractivity contribution is 9.10. The third kappa shape index (κ3) is 3.87. The van der Waals surface area contributed by atoms with Crippen molar-refractivity contribution in [2.75, 3.05) is 7.11 Å². The van der Waals surface area contributed by atoms with Crippen LogP contribution in [0.15, 0.2) is 51.8 Å². The number of ether oxygens (including phenoxy) is 1. The van der Waals surface area contributed by atoms with Crippen molar-refractivity contribution in [3.05, 3.63) is 58.1 Å². The van der Waals surface area contributed by atoms with Crippen LogP contribution in [0.1, 0.15) is 22.8 Å². The molecule has 0 N–H and O–H groups in total. The van der Waals surface area contributed by atoms with Gasteiger partial charge >= 0.3 is 0 Å². The fourth-order valence-corrected chi connectivity index (χ4v) is 3.26. The zero-order chi connectivity index (χ0) is 14.5. The lowest BCUT2D eigenvalue weighted by Gasteiger charge is -2.07. The minimum Gasteiger partial charge on any atom is -0.496 e. The number of rotatable bonds is 5. The Kier molecular flexibility index (Phi) is 5.26. The third-order valence-electron chi connectivity index (χ3n) is 2.86. The summed E-state index contributed by atoms with van der Waals surface area (Å²) in [7, 11) is 1.65. The number of halogens is 1. The Morgan fingerprint density at radius 2 is 2.05 bits per heavy atom. The predicted molar refractivity (Wildman–Crippen MR) is 86.7 cm³/mol. The Bertz CT molecular complexity index is 626. The first-order valence-electron chi connectivity index (χ1n) is 6.16. The molecule has 2 aromatic carbocycles. The fourth-order valence-electron chi connectivity index (χ4n) is 1.77. The Balaban J connectivity index is 2.07. The second-order valence-corrected chi connectivity index (χ2v) is 6.24. The van der Waals surface area contributed by atoms with Gasteiger partial charge in [0, 0.05) is 16.2 Å². The third-order valence-corrected chi connectivity index (χ3v) is 4.55. The Morgan fingerprint density at radius 1 is 1.25 bits per heavy atom. The van der Waals surface area contributed by atoms with Crippen LogP contribution < -0.4 is 4.74 Å². The molecule has 20 heavy (non-hydrogen) atoms. The molecule has 0 atom stereocenters. The van der Waals surface area contributed by atoms with Crippen molar-refractivity contribution in [1.29, 1.82) is 0 Å². The van der Waals surface area contributed by atoms with Gasteiger partial charge < -0.3 is 4.74 Å². The minimum atomic E-state index is 0.0969. The van der Waals surface area contributed by atoms with E-state index in [1.54, 1.807) is 25.8 Å². The van der Waals surface area contributed by atoms with Gasteiger partial charge in [-0.2, -0.15) is 0 Å². The molecule has 104 valence electrons. The summed E-state index contributed by atoms with van der Waals surface area (Å²) in [6.07, 6.45) is 0. The van der Waals surface area contributed by atoms with E-state index < -0.39 is 0 Å². The molecule has 0 heterocycles. The van der Waals surface area contributed by atoms with E-state index in [0.717, 1.165) is 26.4 Å². The van der Waals surface area contributed by atoms with Crippen molar-refractivity contribution < 1.29 is 9.53 Å². The number of thioether (sulfide) groups is 1. The first-order valence-corrected chi connectivity index (χ1v) is 7.94. The number of Topliss-reactive ketones (excluding diaryl/α,β-unsaturated/α-hetero) is 1. The Labute approximate surface area is 131 Å². The van der Waals surface area contributed by atoms with Crippen LogP contribution in [0.2, 0.25) is 0 Å². The number of benzene rings is 2. The molecule has 0 bridgehead atoms. The maximum absolute atomic E-state index is 11.4. The molecule has 4 heteroatoms. The number of carbonyl (C=O) groups excluding carboxylic acids is 1. The molecule has 0 saturated heterocycles. The minimum absolute atomic E-state index is 0.0969. The van der Waals surface area contributed by atoms with Gasteiger partial charge in [-0.15, -0.1) is 11.8 Å². The Hall–Kier alpha value is -1.26. The van der Waals surface area contributed by atoms with E-state index in [0.29, 0.717) is 0 Å². The number of carbonyl (C=O) groups is 1. The van der Waals surface area contributed by atoms with Crippen LogP contribution in [0.25, 0.3) is 0 Å². The maximum atomic E-state index is 11.4. The standard InChI is InChI=1S/C16H15BrO2S/c1-11(18)13-4-3-5-14(9-13)20-10-12-6-7-16(19-2)15(17)8-12/h3-9H,10H2,1-2H3. The van der Waals surface area contributed by atoms with Crippen molar-refractivity contribution in [3.8, 4) is 5.75 Å². The molecule has 0 saturated carbocycles. The molecule has 0 unspecified atom stereocenters. The van der Waals surface area contributed by atoms with Gasteiger partial charge in [-0.3, -0.25) is 4.79 Å². The van der Waals surface area contributed by atoms with E-state index in [1.807, 2.05) is 36.4 Å². The summed E-state index contributed by atoms with van der Waals surface area (Å²) in [5.74, 6) is 1.78. The SMILES string of the molecule is COc1ccc(CSc2cccc(C(C)=O)c2)cc1Br. The molecule has 2 aromatic rings. The smallest absolute Gasteiger partial charge is 0.159 e. The number of methoxy groups -OCH3 is 1. The number of hydrogen-bond acceptors (Lipinski definition) is 3. The van der Waals surface area contributed by atoms with Gasteiger partial charge in [0.25, 0.3) is 0 Å². The van der Waals surface area contributed by atoms with Gasteiger partial charge in [0.05, 0.1) is 11.6 Å². The van der Waals surface area contributed by atoms with Gasteiger partial charge in [0.2, 0.25) is 0 Å². The maximum Gasteiger partial charge on any atom is 0.159 e. The molecule has 2 nitrogen and oxygen atoms in total. The van der Waals surface area contributed by atoms with Crippen LogP contribution in [0, 0.1) is 0 Å². The van der Waals surface area contributed by atoms with Gasteiger partial charge in [-0.25, -0.2) is 0 Å². The molecule has 0 aliphatic carbocycles. The highest BCUT2D eigenvalue weighted by Crippen LogP contribution is 2.29. The second-order valence-electron chi connectivity index (χ2n) is 4.34. The van der Waals surface area contributed by atoms with E-state index in [2.05, 4.69) is 22.0 Å². The van der Waals surface area contributed by atoms with Crippen molar-refractivity contribution >= 4 is 33.5 Å². The van der Waals surface area contributed by atoms with Gasteiger partial charge in [0.1, 0.15) is 5.75 Å². The predicted octanol–water partition coefficient (Wildman–Crippen LogP) is 4.95. The van der Waals surface area contributed by atoms with Crippen LogP contribution in [0.5, 0.6) is 5.75 Å². The van der Waals surface area contributed by atoms with E-state index in [1.165, 1.54) is 5.56 Å². The highest BCUT2D eigenvalue weighted by atomic mass is 79.9. The van der Waals surface area contributed by atoms with Crippen LogP contribution in [0.4, 0.5) is 0 Å². The lowest BCUT2D eigenvalue weighted by atomic mass is 10.2. The van der Waals surface area contributed by atoms with Gasteiger partial charge in [-0.05, 0) is 52.7 Å². The molecule has 0 aromatic heterocycles. The van der Waals surface area contributed by atoms with E-state index in [-0.39, 0.29) is 5.78 Å². The molecular formula is C16H15BrO2S. The van der Waals surface area contributed by atoms with Gasteiger partial charge in [0.15, 0.2) is 5.78 Å². The summed E-state index contributed by atoms with van der Waals surface area (Å²) >= 11 is 5.20. The zero-order valence-electron chi connectivity index (χ0n) is 11.4. The average molecular weight is 351 g/mol. The summed E-state index contributed by atoms with van der Waals surface area (Å²) in [4.78, 5) is 12.5. The summed E-state index contributed by atoms with van der Waals surface area (Å²) in [5.41, 5.74) is 1.96. The first-order chi connectivity index (χ1) is 9.60. The summed E-state index contributed by atoms with van der Waals surface area (Å²) in [6.45, 7) is 1.59. The van der Waals surface area contributed by atoms with Crippen LogP contribution in [-0.2, 0) is 5.75 Å². The zero-order valence-corrected chi connectivity index (χ0v) is 13.8. The average Bonchev–Trinajstić information content (AvgIpc) is 2.45. The van der Waals surface area contributed by atoms with E-state index in [9.17, 15) is 4.79 Å². The second kappa shape index (κ2) is 6.95. The van der Waals surface area contributed by atoms with E-state index >= 15 is 0 Å². The molecule has 0 radical (unpaired) electrons. The molecule has 0 spiro atoms. The summed E-state index contributed by atoms with van der Waals surface area (Å²) in [5, 5.41) is 0. The number of hydrogen-bond donors (Lipinski definition) is 0. The molecule has 2 rings (SSSR count). The lowest BCUT2D eigenvalue weighted by Crippen LogP contribution is -1.91. The Morgan fingerprint density at radius 3 is 2.70 bits per heavy atom. The molecule has 0 fully saturated rings.